The Bertz CT molecular complexity index is 327. The van der Waals surface area contributed by atoms with E-state index in [1.54, 1.807) is 18.4 Å². The molecular weight excluding hydrogens is 234 g/mol. The second-order valence-corrected chi connectivity index (χ2v) is 4.34. The summed E-state index contributed by atoms with van der Waals surface area (Å²) in [7, 11) is 1.75. The van der Waals surface area contributed by atoms with E-state index in [1.807, 2.05) is 13.8 Å². The van der Waals surface area contributed by atoms with Gasteiger partial charge >= 0.3 is 0 Å². The van der Waals surface area contributed by atoms with Gasteiger partial charge in [-0.25, -0.2) is 4.98 Å². The van der Waals surface area contributed by atoms with E-state index in [4.69, 9.17) is 0 Å². The van der Waals surface area contributed by atoms with Crippen molar-refractivity contribution in [3.05, 3.63) is 15.6 Å². The molecule has 0 aliphatic carbocycles. The minimum atomic E-state index is 0. The summed E-state index contributed by atoms with van der Waals surface area (Å²) in [6.07, 6.45) is 0. The van der Waals surface area contributed by atoms with E-state index in [-0.39, 0.29) is 18.3 Å². The van der Waals surface area contributed by atoms with Crippen LogP contribution in [0.25, 0.3) is 0 Å². The molecule has 1 heterocycles. The number of aromatic nitrogens is 1. The molecule has 0 saturated carbocycles. The molecule has 0 atom stereocenters. The molecule has 0 spiro atoms. The highest BCUT2D eigenvalue weighted by Gasteiger charge is 2.05. The average Bonchev–Trinajstić information content (AvgIpc) is 2.42. The summed E-state index contributed by atoms with van der Waals surface area (Å²) in [5.41, 5.74) is 1.01. The lowest BCUT2D eigenvalue weighted by molar-refractivity contribution is -0.120. The summed E-state index contributed by atoms with van der Waals surface area (Å²) in [5, 5.41) is 6.66. The van der Waals surface area contributed by atoms with Crippen molar-refractivity contribution in [2.24, 2.45) is 0 Å². The van der Waals surface area contributed by atoms with Crippen LogP contribution in [0.5, 0.6) is 0 Å². The fraction of sp³-hybridized carbons (Fsp3) is 0.556. The van der Waals surface area contributed by atoms with E-state index in [9.17, 15) is 4.79 Å². The number of carbonyl (C=O) groups excluding carboxylic acids is 1. The number of carbonyl (C=O) groups is 1. The first-order chi connectivity index (χ1) is 6.63. The lowest BCUT2D eigenvalue weighted by atomic mass is 10.4. The molecule has 15 heavy (non-hydrogen) atoms. The lowest BCUT2D eigenvalue weighted by Crippen LogP contribution is -2.31. The van der Waals surface area contributed by atoms with Crippen LogP contribution in [-0.4, -0.2) is 24.5 Å². The maximum atomic E-state index is 11.1. The summed E-state index contributed by atoms with van der Waals surface area (Å²) in [6, 6.07) is 0. The Morgan fingerprint density at radius 3 is 2.60 bits per heavy atom. The van der Waals surface area contributed by atoms with Crippen LogP contribution in [-0.2, 0) is 11.3 Å². The minimum absolute atomic E-state index is 0. The predicted molar refractivity (Wildman–Crippen MR) is 64.6 cm³/mol. The second-order valence-electron chi connectivity index (χ2n) is 3.05. The van der Waals surface area contributed by atoms with Gasteiger partial charge in [0.05, 0.1) is 23.8 Å². The highest BCUT2D eigenvalue weighted by atomic mass is 35.5. The minimum Gasteiger partial charge on any atom is -0.350 e. The summed E-state index contributed by atoms with van der Waals surface area (Å²) >= 11 is 1.63. The quantitative estimate of drug-likeness (QED) is 0.838. The molecule has 0 aliphatic heterocycles. The maximum absolute atomic E-state index is 11.1. The van der Waals surface area contributed by atoms with E-state index in [2.05, 4.69) is 15.6 Å². The number of halogens is 1. The first-order valence-corrected chi connectivity index (χ1v) is 5.29. The highest BCUT2D eigenvalue weighted by Crippen LogP contribution is 2.16. The van der Waals surface area contributed by atoms with E-state index in [0.29, 0.717) is 13.1 Å². The number of aryl methyl sites for hydroxylation is 2. The molecule has 1 amide bonds. The van der Waals surface area contributed by atoms with Crippen molar-refractivity contribution in [1.29, 1.82) is 0 Å². The van der Waals surface area contributed by atoms with Gasteiger partial charge in [0.2, 0.25) is 5.91 Å². The van der Waals surface area contributed by atoms with Gasteiger partial charge in [0.25, 0.3) is 0 Å². The van der Waals surface area contributed by atoms with Crippen LogP contribution >= 0.6 is 23.7 Å². The van der Waals surface area contributed by atoms with Crippen LogP contribution in [0.3, 0.4) is 0 Å². The number of hydrogen-bond acceptors (Lipinski definition) is 4. The van der Waals surface area contributed by atoms with E-state index < -0.39 is 0 Å². The van der Waals surface area contributed by atoms with Crippen LogP contribution in [0.15, 0.2) is 0 Å². The Morgan fingerprint density at radius 1 is 1.47 bits per heavy atom. The Balaban J connectivity index is 0.00000196. The molecule has 0 bridgehead atoms. The summed E-state index contributed by atoms with van der Waals surface area (Å²) in [6.45, 7) is 4.87. The largest absolute Gasteiger partial charge is 0.350 e. The van der Waals surface area contributed by atoms with Crippen molar-refractivity contribution in [1.82, 2.24) is 15.6 Å². The van der Waals surface area contributed by atoms with Crippen molar-refractivity contribution in [2.45, 2.75) is 20.4 Å². The normalized spacial score (nSPS) is 9.53. The Labute approximate surface area is 99.9 Å². The van der Waals surface area contributed by atoms with Gasteiger partial charge in [0.15, 0.2) is 0 Å². The third-order valence-electron chi connectivity index (χ3n) is 1.78. The van der Waals surface area contributed by atoms with Crippen molar-refractivity contribution < 1.29 is 4.79 Å². The van der Waals surface area contributed by atoms with E-state index >= 15 is 0 Å². The van der Waals surface area contributed by atoms with Gasteiger partial charge in [-0.15, -0.1) is 23.7 Å². The van der Waals surface area contributed by atoms with Gasteiger partial charge < -0.3 is 10.6 Å². The van der Waals surface area contributed by atoms with Gasteiger partial charge in [-0.2, -0.15) is 0 Å². The predicted octanol–water partition coefficient (Wildman–Crippen LogP) is 1.02. The smallest absolute Gasteiger partial charge is 0.234 e. The second kappa shape index (κ2) is 6.76. The molecule has 0 fully saturated rings. The van der Waals surface area contributed by atoms with Gasteiger partial charge in [0, 0.05) is 4.88 Å². The maximum Gasteiger partial charge on any atom is 0.234 e. The Morgan fingerprint density at radius 2 is 2.13 bits per heavy atom. The molecule has 0 radical (unpaired) electrons. The van der Waals surface area contributed by atoms with Crippen LogP contribution in [0.4, 0.5) is 0 Å². The summed E-state index contributed by atoms with van der Waals surface area (Å²) < 4.78 is 0. The van der Waals surface area contributed by atoms with Gasteiger partial charge in [-0.3, -0.25) is 4.79 Å². The standard InChI is InChI=1S/C9H15N3OS.ClH/c1-6-8(14-7(2)12-6)4-11-9(13)5-10-3;/h10H,4-5H2,1-3H3,(H,11,13);1H. The third-order valence-corrected chi connectivity index (χ3v) is 2.86. The van der Waals surface area contributed by atoms with E-state index in [1.165, 1.54) is 0 Å². The van der Waals surface area contributed by atoms with Gasteiger partial charge in [0.1, 0.15) is 0 Å². The third kappa shape index (κ3) is 4.59. The number of nitrogens with zero attached hydrogens (tertiary/aromatic N) is 1. The number of amides is 1. The molecule has 86 valence electrons. The van der Waals surface area contributed by atoms with Crippen LogP contribution < -0.4 is 10.6 Å². The SMILES string of the molecule is CNCC(=O)NCc1sc(C)nc1C.Cl. The van der Waals surface area contributed by atoms with Crippen molar-refractivity contribution in [3.63, 3.8) is 0 Å². The molecule has 0 saturated heterocycles. The van der Waals surface area contributed by atoms with Crippen LogP contribution in [0.1, 0.15) is 15.6 Å². The van der Waals surface area contributed by atoms with Crippen LogP contribution in [0, 0.1) is 13.8 Å². The number of nitrogens with one attached hydrogen (secondary N) is 2. The molecule has 1 aromatic rings. The molecule has 4 nitrogen and oxygen atoms in total. The lowest BCUT2D eigenvalue weighted by Gasteiger charge is -2.02. The van der Waals surface area contributed by atoms with Crippen molar-refractivity contribution in [2.75, 3.05) is 13.6 Å². The fourth-order valence-corrected chi connectivity index (χ4v) is 2.02. The number of likely N-dealkylation sites (N-methyl/N-ethyl adjacent to an activating group) is 1. The molecule has 0 aliphatic rings. The van der Waals surface area contributed by atoms with Crippen LogP contribution in [0.2, 0.25) is 0 Å². The molecular formula is C9H16ClN3OS. The summed E-state index contributed by atoms with van der Waals surface area (Å²) in [4.78, 5) is 16.6. The highest BCUT2D eigenvalue weighted by molar-refractivity contribution is 7.11. The first-order valence-electron chi connectivity index (χ1n) is 4.47. The van der Waals surface area contributed by atoms with Crippen molar-refractivity contribution in [3.8, 4) is 0 Å². The van der Waals surface area contributed by atoms with E-state index in [0.717, 1.165) is 15.6 Å². The topological polar surface area (TPSA) is 54.0 Å². The number of hydrogen-bond donors (Lipinski definition) is 2. The van der Waals surface area contributed by atoms with Crippen molar-refractivity contribution >= 4 is 29.7 Å². The zero-order valence-corrected chi connectivity index (χ0v) is 10.7. The first kappa shape index (κ1) is 14.3. The molecule has 2 N–H and O–H groups in total. The molecule has 6 heteroatoms. The number of thiazole rings is 1. The monoisotopic (exact) mass is 249 g/mol. The molecule has 1 aromatic heterocycles. The molecule has 0 unspecified atom stereocenters. The Hall–Kier alpha value is -0.650. The zero-order valence-electron chi connectivity index (χ0n) is 9.09. The summed E-state index contributed by atoms with van der Waals surface area (Å²) in [5.74, 6) is 0.0120. The average molecular weight is 250 g/mol. The van der Waals surface area contributed by atoms with Gasteiger partial charge in [-0.05, 0) is 20.9 Å². The zero-order chi connectivity index (χ0) is 10.6. The fourth-order valence-electron chi connectivity index (χ4n) is 1.14. The number of rotatable bonds is 4. The molecule has 0 aromatic carbocycles. The molecule has 1 rings (SSSR count). The Kier molecular flexibility index (Phi) is 6.47. The van der Waals surface area contributed by atoms with Gasteiger partial charge in [-0.1, -0.05) is 0 Å².